The number of hydrogen-bond donors (Lipinski definition) is 0. The number of carbonyl (C=O) groups is 1. The van der Waals surface area contributed by atoms with Crippen molar-refractivity contribution in [2.45, 2.75) is 25.9 Å². The predicted molar refractivity (Wildman–Crippen MR) is 74.6 cm³/mol. The quantitative estimate of drug-likeness (QED) is 0.801. The van der Waals surface area contributed by atoms with Gasteiger partial charge in [-0.3, -0.25) is 9.78 Å². The normalized spacial score (nSPS) is 15.3. The van der Waals surface area contributed by atoms with Crippen LogP contribution in [0.1, 0.15) is 29.8 Å². The van der Waals surface area contributed by atoms with Crippen molar-refractivity contribution in [3.05, 3.63) is 47.8 Å². The maximum atomic E-state index is 10.8. The molecule has 20 heavy (non-hydrogen) atoms. The summed E-state index contributed by atoms with van der Waals surface area (Å²) < 4.78 is 11.7. The SMILES string of the molecule is CC1(C)Cc2cccc(Oc3cncc(C=O)c3)c2O1. The molecule has 0 spiro atoms. The van der Waals surface area contributed by atoms with Gasteiger partial charge in [-0.1, -0.05) is 12.1 Å². The zero-order valence-corrected chi connectivity index (χ0v) is 11.4. The van der Waals surface area contributed by atoms with Crippen LogP contribution >= 0.6 is 0 Å². The number of pyridine rings is 1. The molecule has 0 amide bonds. The highest BCUT2D eigenvalue weighted by molar-refractivity contribution is 5.74. The summed E-state index contributed by atoms with van der Waals surface area (Å²) in [5.74, 6) is 1.95. The molecule has 0 fully saturated rings. The number of ether oxygens (including phenoxy) is 2. The van der Waals surface area contributed by atoms with Crippen molar-refractivity contribution in [3.8, 4) is 17.2 Å². The van der Waals surface area contributed by atoms with E-state index in [1.807, 2.05) is 32.0 Å². The van der Waals surface area contributed by atoms with E-state index >= 15 is 0 Å². The highest BCUT2D eigenvalue weighted by Gasteiger charge is 2.32. The van der Waals surface area contributed by atoms with Crippen LogP contribution in [0.3, 0.4) is 0 Å². The molecule has 102 valence electrons. The predicted octanol–water partition coefficient (Wildman–Crippen LogP) is 3.40. The lowest BCUT2D eigenvalue weighted by atomic mass is 10.0. The highest BCUT2D eigenvalue weighted by Crippen LogP contribution is 2.43. The summed E-state index contributed by atoms with van der Waals surface area (Å²) in [5, 5.41) is 0. The van der Waals surface area contributed by atoms with E-state index in [1.165, 1.54) is 6.20 Å². The van der Waals surface area contributed by atoms with Gasteiger partial charge in [0.2, 0.25) is 0 Å². The van der Waals surface area contributed by atoms with E-state index in [0.29, 0.717) is 17.1 Å². The van der Waals surface area contributed by atoms with Gasteiger partial charge in [0.1, 0.15) is 11.4 Å². The number of aromatic nitrogens is 1. The van der Waals surface area contributed by atoms with Gasteiger partial charge in [0.25, 0.3) is 0 Å². The fourth-order valence-corrected chi connectivity index (χ4v) is 2.35. The Morgan fingerprint density at radius 1 is 1.35 bits per heavy atom. The Morgan fingerprint density at radius 2 is 2.20 bits per heavy atom. The van der Waals surface area contributed by atoms with Crippen molar-refractivity contribution in [2.75, 3.05) is 0 Å². The first kappa shape index (κ1) is 12.7. The van der Waals surface area contributed by atoms with Crippen molar-refractivity contribution in [1.82, 2.24) is 4.98 Å². The maximum absolute atomic E-state index is 10.8. The third-order valence-corrected chi connectivity index (χ3v) is 3.15. The fraction of sp³-hybridized carbons (Fsp3) is 0.250. The average Bonchev–Trinajstić information content (AvgIpc) is 2.74. The third-order valence-electron chi connectivity index (χ3n) is 3.15. The van der Waals surface area contributed by atoms with Gasteiger partial charge in [-0.05, 0) is 26.0 Å². The van der Waals surface area contributed by atoms with Crippen molar-refractivity contribution in [3.63, 3.8) is 0 Å². The Labute approximate surface area is 117 Å². The second kappa shape index (κ2) is 4.63. The van der Waals surface area contributed by atoms with Gasteiger partial charge >= 0.3 is 0 Å². The summed E-state index contributed by atoms with van der Waals surface area (Å²) in [4.78, 5) is 14.7. The Morgan fingerprint density at radius 3 is 3.00 bits per heavy atom. The molecule has 2 heterocycles. The first-order valence-electron chi connectivity index (χ1n) is 6.46. The molecule has 0 unspecified atom stereocenters. The number of nitrogens with zero attached hydrogens (tertiary/aromatic N) is 1. The van der Waals surface area contributed by atoms with Gasteiger partial charge in [0.05, 0.1) is 6.20 Å². The van der Waals surface area contributed by atoms with Crippen LogP contribution in [-0.2, 0) is 6.42 Å². The molecule has 3 rings (SSSR count). The van der Waals surface area contributed by atoms with Gasteiger partial charge < -0.3 is 9.47 Å². The van der Waals surface area contributed by atoms with Gasteiger partial charge in [0.15, 0.2) is 17.8 Å². The smallest absolute Gasteiger partial charge is 0.169 e. The van der Waals surface area contributed by atoms with Crippen LogP contribution in [0.15, 0.2) is 36.7 Å². The summed E-state index contributed by atoms with van der Waals surface area (Å²) in [5.41, 5.74) is 1.40. The molecule has 1 aliphatic rings. The average molecular weight is 269 g/mol. The molecule has 0 bridgehead atoms. The molecule has 2 aromatic rings. The van der Waals surface area contributed by atoms with Crippen molar-refractivity contribution < 1.29 is 14.3 Å². The molecule has 0 aliphatic carbocycles. The summed E-state index contributed by atoms with van der Waals surface area (Å²) in [6.45, 7) is 4.09. The molecule has 0 N–H and O–H groups in total. The molecule has 1 aromatic heterocycles. The molecule has 1 aromatic carbocycles. The topological polar surface area (TPSA) is 48.4 Å². The molecule has 0 atom stereocenters. The lowest BCUT2D eigenvalue weighted by Gasteiger charge is -2.18. The number of hydrogen-bond acceptors (Lipinski definition) is 4. The first-order valence-corrected chi connectivity index (χ1v) is 6.46. The van der Waals surface area contributed by atoms with E-state index in [0.717, 1.165) is 24.0 Å². The first-order chi connectivity index (χ1) is 9.57. The summed E-state index contributed by atoms with van der Waals surface area (Å²) >= 11 is 0. The van der Waals surface area contributed by atoms with Crippen LogP contribution in [0, 0.1) is 0 Å². The van der Waals surface area contributed by atoms with Crippen LogP contribution in [0.25, 0.3) is 0 Å². The van der Waals surface area contributed by atoms with Gasteiger partial charge in [-0.2, -0.15) is 0 Å². The van der Waals surface area contributed by atoms with Gasteiger partial charge in [-0.15, -0.1) is 0 Å². The number of carbonyl (C=O) groups excluding carboxylic acids is 1. The van der Waals surface area contributed by atoms with Crippen LogP contribution in [-0.4, -0.2) is 16.9 Å². The largest absolute Gasteiger partial charge is 0.483 e. The number of para-hydroxylation sites is 1. The molecule has 4 heteroatoms. The Balaban J connectivity index is 1.93. The second-order valence-electron chi connectivity index (χ2n) is 5.46. The van der Waals surface area contributed by atoms with Crippen LogP contribution in [0.2, 0.25) is 0 Å². The van der Waals surface area contributed by atoms with Crippen LogP contribution < -0.4 is 9.47 Å². The van der Waals surface area contributed by atoms with Gasteiger partial charge in [0, 0.05) is 23.7 Å². The summed E-state index contributed by atoms with van der Waals surface area (Å²) in [7, 11) is 0. The van der Waals surface area contributed by atoms with E-state index in [1.54, 1.807) is 12.3 Å². The maximum Gasteiger partial charge on any atom is 0.169 e. The standard InChI is InChI=1S/C16H15NO3/c1-16(2)7-12-4-3-5-14(15(12)20-16)19-13-6-11(10-18)8-17-9-13/h3-6,8-10H,7H2,1-2H3. The summed E-state index contributed by atoms with van der Waals surface area (Å²) in [6, 6.07) is 7.49. The summed E-state index contributed by atoms with van der Waals surface area (Å²) in [6.07, 6.45) is 4.67. The van der Waals surface area contributed by atoms with Crippen molar-refractivity contribution in [2.24, 2.45) is 0 Å². The molecular weight excluding hydrogens is 254 g/mol. The number of rotatable bonds is 3. The molecular formula is C16H15NO3. The molecule has 0 saturated carbocycles. The minimum Gasteiger partial charge on any atom is -0.483 e. The van der Waals surface area contributed by atoms with Crippen LogP contribution in [0.4, 0.5) is 0 Å². The monoisotopic (exact) mass is 269 g/mol. The molecule has 1 aliphatic heterocycles. The highest BCUT2D eigenvalue weighted by atomic mass is 16.5. The number of benzene rings is 1. The fourth-order valence-electron chi connectivity index (χ4n) is 2.35. The van der Waals surface area contributed by atoms with E-state index in [2.05, 4.69) is 4.98 Å². The van der Waals surface area contributed by atoms with Gasteiger partial charge in [-0.25, -0.2) is 0 Å². The Hall–Kier alpha value is -2.36. The zero-order chi connectivity index (χ0) is 14.2. The molecule has 4 nitrogen and oxygen atoms in total. The van der Waals surface area contributed by atoms with E-state index in [4.69, 9.17) is 9.47 Å². The minimum atomic E-state index is -0.218. The Kier molecular flexibility index (Phi) is 2.93. The zero-order valence-electron chi connectivity index (χ0n) is 11.4. The number of fused-ring (bicyclic) bond motifs is 1. The molecule has 0 saturated heterocycles. The lowest BCUT2D eigenvalue weighted by Crippen LogP contribution is -2.24. The van der Waals surface area contributed by atoms with Crippen molar-refractivity contribution in [1.29, 1.82) is 0 Å². The van der Waals surface area contributed by atoms with E-state index in [-0.39, 0.29) is 5.60 Å². The second-order valence-corrected chi connectivity index (χ2v) is 5.46. The molecule has 0 radical (unpaired) electrons. The minimum absolute atomic E-state index is 0.218. The van der Waals surface area contributed by atoms with E-state index in [9.17, 15) is 4.79 Å². The lowest BCUT2D eigenvalue weighted by molar-refractivity contribution is 0.112. The van der Waals surface area contributed by atoms with E-state index < -0.39 is 0 Å². The van der Waals surface area contributed by atoms with Crippen molar-refractivity contribution >= 4 is 6.29 Å². The number of aldehydes is 1. The van der Waals surface area contributed by atoms with Crippen LogP contribution in [0.5, 0.6) is 17.2 Å². The third kappa shape index (κ3) is 2.37. The Bertz CT molecular complexity index is 665.